The lowest BCUT2D eigenvalue weighted by Crippen LogP contribution is -2.45. The Hall–Kier alpha value is -2.18. The van der Waals surface area contributed by atoms with Gasteiger partial charge in [-0.15, -0.1) is 0 Å². The van der Waals surface area contributed by atoms with Crippen molar-refractivity contribution in [2.45, 2.75) is 25.6 Å². The van der Waals surface area contributed by atoms with Crippen LogP contribution >= 0.6 is 11.6 Å². The molecule has 0 bridgehead atoms. The van der Waals surface area contributed by atoms with Gasteiger partial charge < -0.3 is 14.4 Å². The van der Waals surface area contributed by atoms with E-state index in [-0.39, 0.29) is 25.2 Å². The Labute approximate surface area is 161 Å². The van der Waals surface area contributed by atoms with Crippen LogP contribution in [0.15, 0.2) is 42.5 Å². The Morgan fingerprint density at radius 2 is 1.96 bits per heavy atom. The molecule has 0 aliphatic carbocycles. The zero-order chi connectivity index (χ0) is 19.2. The van der Waals surface area contributed by atoms with Crippen molar-refractivity contribution in [2.24, 2.45) is 0 Å². The highest BCUT2D eigenvalue weighted by atomic mass is 35.5. The molecule has 144 valence electrons. The number of amides is 1. The highest BCUT2D eigenvalue weighted by Gasteiger charge is 2.24. The predicted molar refractivity (Wildman–Crippen MR) is 97.7 cm³/mol. The van der Waals surface area contributed by atoms with E-state index in [1.54, 1.807) is 29.2 Å². The summed E-state index contributed by atoms with van der Waals surface area (Å²) < 4.78 is 37.9. The van der Waals surface area contributed by atoms with Gasteiger partial charge in [-0.3, -0.25) is 4.79 Å². The zero-order valence-corrected chi connectivity index (χ0v) is 15.4. The normalized spacial score (nSPS) is 17.0. The SMILES string of the molecule is O=C(COc1ccc(Cl)cc1)N1CCC[C@H](OCc2ccc(F)cc2F)C1. The second-order valence-electron chi connectivity index (χ2n) is 6.39. The quantitative estimate of drug-likeness (QED) is 0.735. The first kappa shape index (κ1) is 19.6. The molecule has 0 unspecified atom stereocenters. The molecule has 0 spiro atoms. The number of carbonyl (C=O) groups excluding carboxylic acids is 1. The van der Waals surface area contributed by atoms with Gasteiger partial charge in [0.1, 0.15) is 17.4 Å². The van der Waals surface area contributed by atoms with Crippen LogP contribution in [0.1, 0.15) is 18.4 Å². The summed E-state index contributed by atoms with van der Waals surface area (Å²) in [5.41, 5.74) is 0.297. The van der Waals surface area contributed by atoms with E-state index in [9.17, 15) is 13.6 Å². The maximum Gasteiger partial charge on any atom is 0.260 e. The molecule has 0 radical (unpaired) electrons. The molecule has 0 saturated carbocycles. The highest BCUT2D eigenvalue weighted by molar-refractivity contribution is 6.30. The van der Waals surface area contributed by atoms with Crippen LogP contribution < -0.4 is 4.74 Å². The summed E-state index contributed by atoms with van der Waals surface area (Å²) in [6, 6.07) is 10.2. The van der Waals surface area contributed by atoms with E-state index in [2.05, 4.69) is 0 Å². The Morgan fingerprint density at radius 1 is 1.19 bits per heavy atom. The van der Waals surface area contributed by atoms with E-state index >= 15 is 0 Å². The van der Waals surface area contributed by atoms with Crippen LogP contribution in [0.2, 0.25) is 5.02 Å². The van der Waals surface area contributed by atoms with E-state index in [4.69, 9.17) is 21.1 Å². The lowest BCUT2D eigenvalue weighted by atomic mass is 10.1. The van der Waals surface area contributed by atoms with Gasteiger partial charge in [-0.1, -0.05) is 17.7 Å². The van der Waals surface area contributed by atoms with Crippen molar-refractivity contribution in [1.82, 2.24) is 4.90 Å². The second-order valence-corrected chi connectivity index (χ2v) is 6.83. The summed E-state index contributed by atoms with van der Waals surface area (Å²) in [5.74, 6) is -0.808. The molecule has 1 fully saturated rings. The first-order chi connectivity index (χ1) is 13.0. The molecule has 1 heterocycles. The molecular weight excluding hydrogens is 376 g/mol. The van der Waals surface area contributed by atoms with Crippen molar-refractivity contribution in [3.8, 4) is 5.75 Å². The average Bonchev–Trinajstić information content (AvgIpc) is 2.67. The standard InChI is InChI=1S/C20H20ClF2NO3/c21-15-4-7-17(8-5-15)27-13-20(25)24-9-1-2-18(11-24)26-12-14-3-6-16(22)10-19(14)23/h3-8,10,18H,1-2,9,11-13H2/t18-/m0/s1. The lowest BCUT2D eigenvalue weighted by molar-refractivity contribution is -0.137. The molecule has 1 aliphatic heterocycles. The number of benzene rings is 2. The Bertz CT molecular complexity index is 785. The van der Waals surface area contributed by atoms with Crippen molar-refractivity contribution < 1.29 is 23.0 Å². The van der Waals surface area contributed by atoms with E-state index in [0.717, 1.165) is 18.9 Å². The molecule has 2 aromatic rings. The summed E-state index contributed by atoms with van der Waals surface area (Å²) in [5, 5.41) is 0.599. The third-order valence-electron chi connectivity index (χ3n) is 4.40. The molecular formula is C20H20ClF2NO3. The van der Waals surface area contributed by atoms with Gasteiger partial charge in [0.2, 0.25) is 0 Å². The van der Waals surface area contributed by atoms with Crippen LogP contribution in [-0.2, 0) is 16.1 Å². The number of likely N-dealkylation sites (tertiary alicyclic amines) is 1. The molecule has 1 atom stereocenters. The molecule has 1 amide bonds. The minimum Gasteiger partial charge on any atom is -0.484 e. The monoisotopic (exact) mass is 395 g/mol. The third kappa shape index (κ3) is 5.65. The number of carbonyl (C=O) groups is 1. The summed E-state index contributed by atoms with van der Waals surface area (Å²) in [6.07, 6.45) is 1.39. The van der Waals surface area contributed by atoms with Crippen molar-refractivity contribution in [3.63, 3.8) is 0 Å². The van der Waals surface area contributed by atoms with Crippen LogP contribution in [-0.4, -0.2) is 36.6 Å². The van der Waals surface area contributed by atoms with Crippen LogP contribution in [0.25, 0.3) is 0 Å². The minimum absolute atomic E-state index is 0.0418. The number of halogens is 3. The van der Waals surface area contributed by atoms with Crippen LogP contribution in [0.3, 0.4) is 0 Å². The van der Waals surface area contributed by atoms with Crippen molar-refractivity contribution in [3.05, 3.63) is 64.7 Å². The van der Waals surface area contributed by atoms with E-state index in [0.29, 0.717) is 29.4 Å². The Balaban J connectivity index is 1.48. The lowest BCUT2D eigenvalue weighted by Gasteiger charge is -2.32. The van der Waals surface area contributed by atoms with E-state index in [1.165, 1.54) is 12.1 Å². The molecule has 0 aromatic heterocycles. The summed E-state index contributed by atoms with van der Waals surface area (Å²) >= 11 is 5.82. The number of hydrogen-bond acceptors (Lipinski definition) is 3. The van der Waals surface area contributed by atoms with Crippen molar-refractivity contribution in [1.29, 1.82) is 0 Å². The fraction of sp³-hybridized carbons (Fsp3) is 0.350. The van der Waals surface area contributed by atoms with Gasteiger partial charge in [0, 0.05) is 29.7 Å². The molecule has 3 rings (SSSR count). The van der Waals surface area contributed by atoms with Crippen LogP contribution in [0.5, 0.6) is 5.75 Å². The van der Waals surface area contributed by atoms with Crippen molar-refractivity contribution in [2.75, 3.05) is 19.7 Å². The zero-order valence-electron chi connectivity index (χ0n) is 14.7. The molecule has 4 nitrogen and oxygen atoms in total. The van der Waals surface area contributed by atoms with Gasteiger partial charge in [0.05, 0.1) is 12.7 Å². The Morgan fingerprint density at radius 3 is 2.70 bits per heavy atom. The molecule has 1 saturated heterocycles. The first-order valence-corrected chi connectivity index (χ1v) is 9.11. The van der Waals surface area contributed by atoms with Crippen LogP contribution in [0.4, 0.5) is 8.78 Å². The maximum absolute atomic E-state index is 13.7. The first-order valence-electron chi connectivity index (χ1n) is 8.73. The van der Waals surface area contributed by atoms with E-state index < -0.39 is 11.6 Å². The van der Waals surface area contributed by atoms with Gasteiger partial charge >= 0.3 is 0 Å². The third-order valence-corrected chi connectivity index (χ3v) is 4.65. The van der Waals surface area contributed by atoms with Gasteiger partial charge in [-0.05, 0) is 43.2 Å². The number of hydrogen-bond donors (Lipinski definition) is 0. The van der Waals surface area contributed by atoms with E-state index in [1.807, 2.05) is 0 Å². The summed E-state index contributed by atoms with van der Waals surface area (Å²) in [6.45, 7) is 1.03. The number of piperidine rings is 1. The average molecular weight is 396 g/mol. The fourth-order valence-electron chi connectivity index (χ4n) is 2.91. The maximum atomic E-state index is 13.7. The van der Waals surface area contributed by atoms with Crippen molar-refractivity contribution >= 4 is 17.5 Å². The number of rotatable bonds is 6. The highest BCUT2D eigenvalue weighted by Crippen LogP contribution is 2.19. The molecule has 1 aliphatic rings. The molecule has 2 aromatic carbocycles. The summed E-state index contributed by atoms with van der Waals surface area (Å²) in [7, 11) is 0. The number of nitrogens with zero attached hydrogens (tertiary/aromatic N) is 1. The van der Waals surface area contributed by atoms with Gasteiger partial charge in [0.25, 0.3) is 5.91 Å². The fourth-order valence-corrected chi connectivity index (χ4v) is 3.04. The molecule has 27 heavy (non-hydrogen) atoms. The van der Waals surface area contributed by atoms with Gasteiger partial charge in [-0.25, -0.2) is 8.78 Å². The molecule has 7 heteroatoms. The minimum atomic E-state index is -0.630. The largest absolute Gasteiger partial charge is 0.484 e. The van der Waals surface area contributed by atoms with Gasteiger partial charge in [0.15, 0.2) is 6.61 Å². The van der Waals surface area contributed by atoms with Crippen LogP contribution in [0, 0.1) is 11.6 Å². The smallest absolute Gasteiger partial charge is 0.260 e. The Kier molecular flexibility index (Phi) is 6.63. The topological polar surface area (TPSA) is 38.8 Å². The number of ether oxygens (including phenoxy) is 2. The predicted octanol–water partition coefficient (Wildman–Crippen LogP) is 4.20. The summed E-state index contributed by atoms with van der Waals surface area (Å²) in [4.78, 5) is 14.1. The molecule has 0 N–H and O–H groups in total. The second kappa shape index (κ2) is 9.15. The van der Waals surface area contributed by atoms with Gasteiger partial charge in [-0.2, -0.15) is 0 Å².